The molecule has 1 nitrogen and oxygen atoms in total. The van der Waals surface area contributed by atoms with Crippen LogP contribution in [0.15, 0.2) is 36.4 Å². The van der Waals surface area contributed by atoms with Gasteiger partial charge in [0.15, 0.2) is 0 Å². The highest BCUT2D eigenvalue weighted by molar-refractivity contribution is 6.36. The van der Waals surface area contributed by atoms with Crippen molar-refractivity contribution in [3.8, 4) is 11.1 Å². The summed E-state index contributed by atoms with van der Waals surface area (Å²) in [5, 5.41) is 4.38. The third-order valence-electron chi connectivity index (χ3n) is 3.01. The molecule has 2 aromatic rings. The molecule has 0 fully saturated rings. The Balaban J connectivity index is 2.27. The molecule has 4 heteroatoms. The van der Waals surface area contributed by atoms with Crippen LogP contribution >= 0.6 is 23.2 Å². The minimum absolute atomic E-state index is 0.325. The molecule has 0 saturated heterocycles. The first-order valence-corrected chi connectivity index (χ1v) is 7.32. The topological polar surface area (TPSA) is 12.0 Å². The maximum absolute atomic E-state index is 13.3. The van der Waals surface area contributed by atoms with Gasteiger partial charge in [-0.05, 0) is 42.8 Å². The number of nitrogens with one attached hydrogen (secondary N) is 1. The third-order valence-corrected chi connectivity index (χ3v) is 3.65. The smallest absolute Gasteiger partial charge is 0.123 e. The molecule has 0 unspecified atom stereocenters. The lowest BCUT2D eigenvalue weighted by Gasteiger charge is -2.10. The van der Waals surface area contributed by atoms with Gasteiger partial charge in [0, 0.05) is 27.7 Å². The minimum Gasteiger partial charge on any atom is -0.313 e. The van der Waals surface area contributed by atoms with Crippen molar-refractivity contribution in [1.82, 2.24) is 5.32 Å². The summed E-state index contributed by atoms with van der Waals surface area (Å²) in [6.45, 7) is 3.86. The molecular formula is C16H16Cl2FN. The predicted molar refractivity (Wildman–Crippen MR) is 83.9 cm³/mol. The van der Waals surface area contributed by atoms with Crippen LogP contribution in [0.25, 0.3) is 11.1 Å². The molecule has 2 aromatic carbocycles. The normalized spacial score (nSPS) is 10.8. The fourth-order valence-electron chi connectivity index (χ4n) is 2.00. The van der Waals surface area contributed by atoms with Crippen molar-refractivity contribution >= 4 is 23.2 Å². The van der Waals surface area contributed by atoms with E-state index in [9.17, 15) is 4.39 Å². The summed E-state index contributed by atoms with van der Waals surface area (Å²) in [4.78, 5) is 0. The van der Waals surface area contributed by atoms with Crippen molar-refractivity contribution < 1.29 is 4.39 Å². The molecule has 0 aliphatic carbocycles. The summed E-state index contributed by atoms with van der Waals surface area (Å²) < 4.78 is 13.3. The molecule has 0 atom stereocenters. The van der Waals surface area contributed by atoms with E-state index in [1.165, 1.54) is 12.1 Å². The zero-order valence-electron chi connectivity index (χ0n) is 11.2. The van der Waals surface area contributed by atoms with Crippen LogP contribution in [0, 0.1) is 5.82 Å². The number of rotatable bonds is 5. The van der Waals surface area contributed by atoms with Crippen LogP contribution in [0.3, 0.4) is 0 Å². The summed E-state index contributed by atoms with van der Waals surface area (Å²) >= 11 is 12.4. The third kappa shape index (κ3) is 3.72. The van der Waals surface area contributed by atoms with Crippen LogP contribution in [-0.2, 0) is 6.54 Å². The van der Waals surface area contributed by atoms with E-state index in [0.717, 1.165) is 30.6 Å². The average molecular weight is 312 g/mol. The molecule has 2 rings (SSSR count). The van der Waals surface area contributed by atoms with Crippen LogP contribution in [0.2, 0.25) is 10.0 Å². The van der Waals surface area contributed by atoms with E-state index in [1.807, 2.05) is 18.2 Å². The van der Waals surface area contributed by atoms with Gasteiger partial charge in [-0.1, -0.05) is 42.3 Å². The summed E-state index contributed by atoms with van der Waals surface area (Å²) in [5.74, 6) is -0.325. The number of hydrogen-bond donors (Lipinski definition) is 1. The molecule has 0 amide bonds. The van der Waals surface area contributed by atoms with E-state index in [-0.39, 0.29) is 5.82 Å². The molecule has 106 valence electrons. The first-order chi connectivity index (χ1) is 9.61. The molecule has 0 aliphatic heterocycles. The van der Waals surface area contributed by atoms with Gasteiger partial charge in [0.2, 0.25) is 0 Å². The van der Waals surface area contributed by atoms with Crippen molar-refractivity contribution in [2.24, 2.45) is 0 Å². The Hall–Kier alpha value is -1.09. The zero-order valence-corrected chi connectivity index (χ0v) is 12.7. The second kappa shape index (κ2) is 7.07. The van der Waals surface area contributed by atoms with E-state index in [0.29, 0.717) is 15.6 Å². The molecule has 0 heterocycles. The van der Waals surface area contributed by atoms with Crippen LogP contribution in [0.4, 0.5) is 4.39 Å². The molecule has 0 saturated carbocycles. The average Bonchev–Trinajstić information content (AvgIpc) is 2.42. The quantitative estimate of drug-likeness (QED) is 0.739. The number of hydrogen-bond acceptors (Lipinski definition) is 1. The fourth-order valence-corrected chi connectivity index (χ4v) is 2.52. The van der Waals surface area contributed by atoms with Crippen LogP contribution < -0.4 is 5.32 Å². The summed E-state index contributed by atoms with van der Waals surface area (Å²) in [6.07, 6.45) is 1.09. The van der Waals surface area contributed by atoms with Gasteiger partial charge >= 0.3 is 0 Å². The fraction of sp³-hybridized carbons (Fsp3) is 0.250. The Morgan fingerprint density at radius 3 is 2.50 bits per heavy atom. The number of benzene rings is 2. The monoisotopic (exact) mass is 311 g/mol. The maximum Gasteiger partial charge on any atom is 0.123 e. The molecule has 0 bridgehead atoms. The van der Waals surface area contributed by atoms with Crippen molar-refractivity contribution in [1.29, 1.82) is 0 Å². The van der Waals surface area contributed by atoms with Crippen LogP contribution in [0.5, 0.6) is 0 Å². The van der Waals surface area contributed by atoms with E-state index in [2.05, 4.69) is 12.2 Å². The Morgan fingerprint density at radius 2 is 1.80 bits per heavy atom. The first kappa shape index (κ1) is 15.3. The second-order valence-corrected chi connectivity index (χ2v) is 5.43. The highest BCUT2D eigenvalue weighted by atomic mass is 35.5. The molecule has 20 heavy (non-hydrogen) atoms. The lowest BCUT2D eigenvalue weighted by molar-refractivity contribution is 0.628. The molecule has 1 N–H and O–H groups in total. The van der Waals surface area contributed by atoms with Gasteiger partial charge in [-0.2, -0.15) is 0 Å². The molecule has 0 aliphatic rings. The Morgan fingerprint density at radius 1 is 1.00 bits per heavy atom. The van der Waals surface area contributed by atoms with Gasteiger partial charge in [0.25, 0.3) is 0 Å². The first-order valence-electron chi connectivity index (χ1n) is 6.56. The van der Waals surface area contributed by atoms with Gasteiger partial charge in [-0.25, -0.2) is 4.39 Å². The Labute approximate surface area is 128 Å². The molecule has 0 aromatic heterocycles. The van der Waals surface area contributed by atoms with Crippen LogP contribution in [-0.4, -0.2) is 6.54 Å². The summed E-state index contributed by atoms with van der Waals surface area (Å²) in [6, 6.07) is 10.0. The summed E-state index contributed by atoms with van der Waals surface area (Å²) in [7, 11) is 0. The SMILES string of the molecule is CCCNCc1ccc(-c2cc(F)ccc2Cl)c(Cl)c1. The van der Waals surface area contributed by atoms with E-state index >= 15 is 0 Å². The molecular weight excluding hydrogens is 296 g/mol. The minimum atomic E-state index is -0.325. The lowest BCUT2D eigenvalue weighted by Crippen LogP contribution is -2.13. The van der Waals surface area contributed by atoms with Crippen molar-refractivity contribution in [3.05, 3.63) is 57.8 Å². The van der Waals surface area contributed by atoms with Gasteiger partial charge in [-0.3, -0.25) is 0 Å². The molecule has 0 spiro atoms. The van der Waals surface area contributed by atoms with Gasteiger partial charge < -0.3 is 5.32 Å². The predicted octanol–water partition coefficient (Wildman–Crippen LogP) is 5.30. The highest BCUT2D eigenvalue weighted by Crippen LogP contribution is 2.34. The highest BCUT2D eigenvalue weighted by Gasteiger charge is 2.09. The van der Waals surface area contributed by atoms with Crippen molar-refractivity contribution in [3.63, 3.8) is 0 Å². The van der Waals surface area contributed by atoms with Crippen molar-refractivity contribution in [2.75, 3.05) is 6.54 Å². The Bertz CT molecular complexity index is 599. The second-order valence-electron chi connectivity index (χ2n) is 4.62. The van der Waals surface area contributed by atoms with Gasteiger partial charge in [0.1, 0.15) is 5.82 Å². The zero-order chi connectivity index (χ0) is 14.5. The van der Waals surface area contributed by atoms with E-state index < -0.39 is 0 Å². The van der Waals surface area contributed by atoms with Gasteiger partial charge in [0.05, 0.1) is 0 Å². The molecule has 0 radical (unpaired) electrons. The van der Waals surface area contributed by atoms with E-state index in [1.54, 1.807) is 6.07 Å². The summed E-state index contributed by atoms with van der Waals surface area (Å²) in [5.41, 5.74) is 2.46. The Kier molecular flexibility index (Phi) is 5.41. The largest absolute Gasteiger partial charge is 0.313 e. The van der Waals surface area contributed by atoms with Crippen LogP contribution in [0.1, 0.15) is 18.9 Å². The van der Waals surface area contributed by atoms with Gasteiger partial charge in [-0.15, -0.1) is 0 Å². The van der Waals surface area contributed by atoms with E-state index in [4.69, 9.17) is 23.2 Å². The maximum atomic E-state index is 13.3. The lowest BCUT2D eigenvalue weighted by atomic mass is 10.0. The number of halogens is 3. The van der Waals surface area contributed by atoms with Crippen molar-refractivity contribution in [2.45, 2.75) is 19.9 Å². The standard InChI is InChI=1S/C16H16Cl2FN/c1-2-7-20-10-11-3-5-13(16(18)8-11)14-9-12(19)4-6-15(14)17/h3-6,8-9,20H,2,7,10H2,1H3.